The molecule has 3 nitrogen and oxygen atoms in total. The zero-order valence-electron chi connectivity index (χ0n) is 15.6. The molecule has 6 heteroatoms. The third-order valence-corrected chi connectivity index (χ3v) is 6.37. The first-order valence-electron chi connectivity index (χ1n) is 9.21. The Morgan fingerprint density at radius 1 is 0.926 bits per heavy atom. The molecule has 146 valence electrons. The van der Waals surface area contributed by atoms with Crippen molar-refractivity contribution in [1.29, 1.82) is 0 Å². The minimum absolute atomic E-state index is 0.330. The van der Waals surface area contributed by atoms with E-state index < -0.39 is 15.6 Å². The molecular weight excluding hydrogens is 368 g/mol. The van der Waals surface area contributed by atoms with Crippen molar-refractivity contribution in [2.75, 3.05) is 0 Å². The lowest BCUT2D eigenvalue weighted by Crippen LogP contribution is -2.25. The van der Waals surface area contributed by atoms with E-state index in [9.17, 15) is 17.2 Å². The van der Waals surface area contributed by atoms with E-state index in [1.54, 1.807) is 12.1 Å². The Morgan fingerprint density at radius 3 is 1.81 bits per heavy atom. The van der Waals surface area contributed by atoms with Crippen molar-refractivity contribution < 1.29 is 17.2 Å². The van der Waals surface area contributed by atoms with Gasteiger partial charge in [0.15, 0.2) is 0 Å². The maximum atomic E-state index is 12.6. The van der Waals surface area contributed by atoms with Crippen LogP contribution in [-0.4, -0.2) is 25.1 Å². The van der Waals surface area contributed by atoms with Crippen LogP contribution < -0.4 is 0 Å². The van der Waals surface area contributed by atoms with Crippen molar-refractivity contribution in [3.05, 3.63) is 65.2 Å². The van der Waals surface area contributed by atoms with Crippen LogP contribution in [0.4, 0.5) is 8.78 Å². The summed E-state index contributed by atoms with van der Waals surface area (Å²) in [5.74, 6) is -2.89. The second-order valence-electron chi connectivity index (χ2n) is 7.48. The fourth-order valence-electron chi connectivity index (χ4n) is 3.12. The molecule has 0 N–H and O–H groups in total. The highest BCUT2D eigenvalue weighted by Gasteiger charge is 2.29. The summed E-state index contributed by atoms with van der Waals surface area (Å²) in [7, 11) is -4.53. The van der Waals surface area contributed by atoms with E-state index in [0.29, 0.717) is 18.5 Å². The van der Waals surface area contributed by atoms with Crippen molar-refractivity contribution in [3.63, 3.8) is 0 Å². The van der Waals surface area contributed by atoms with Crippen LogP contribution in [0, 0.1) is 0 Å². The maximum Gasteiger partial charge on any atom is 0.341 e. The Bertz CT molecular complexity index is 858. The summed E-state index contributed by atoms with van der Waals surface area (Å²) in [6.07, 6.45) is 2.31. The lowest BCUT2D eigenvalue weighted by molar-refractivity contribution is 0.234. The summed E-state index contributed by atoms with van der Waals surface area (Å²) in [6.45, 7) is 5.83. The van der Waals surface area contributed by atoms with E-state index >= 15 is 0 Å². The minimum atomic E-state index is -4.53. The number of hydrogen-bond donors (Lipinski definition) is 0. The topological polar surface area (TPSA) is 37.4 Å². The summed E-state index contributed by atoms with van der Waals surface area (Å²) >= 11 is 0. The number of nitrogens with zero attached hydrogens (tertiary/aromatic N) is 1. The minimum Gasteiger partial charge on any atom is -0.292 e. The Kier molecular flexibility index (Phi) is 5.96. The molecule has 0 aliphatic heterocycles. The molecular formula is C21H25F2NO2S. The summed E-state index contributed by atoms with van der Waals surface area (Å²) in [5.41, 5.74) is 3.48. The molecule has 1 saturated carbocycles. The molecule has 3 rings (SSSR count). The fourth-order valence-corrected chi connectivity index (χ4v) is 3.84. The molecule has 0 unspecified atom stereocenters. The van der Waals surface area contributed by atoms with Gasteiger partial charge in [-0.05, 0) is 47.6 Å². The van der Waals surface area contributed by atoms with E-state index in [4.69, 9.17) is 0 Å². The van der Waals surface area contributed by atoms with Gasteiger partial charge in [0.25, 0.3) is 0 Å². The lowest BCUT2D eigenvalue weighted by Gasteiger charge is -2.22. The number of sulfone groups is 1. The van der Waals surface area contributed by atoms with Gasteiger partial charge in [0, 0.05) is 19.1 Å². The monoisotopic (exact) mass is 393 g/mol. The zero-order chi connectivity index (χ0) is 19.6. The smallest absolute Gasteiger partial charge is 0.292 e. The van der Waals surface area contributed by atoms with Gasteiger partial charge in [-0.3, -0.25) is 4.90 Å². The molecule has 0 atom stereocenters. The highest BCUT2D eigenvalue weighted by atomic mass is 32.2. The second-order valence-corrected chi connectivity index (χ2v) is 9.40. The third kappa shape index (κ3) is 4.93. The van der Waals surface area contributed by atoms with Crippen molar-refractivity contribution in [1.82, 2.24) is 4.90 Å². The van der Waals surface area contributed by atoms with Gasteiger partial charge < -0.3 is 0 Å². The van der Waals surface area contributed by atoms with E-state index in [1.807, 2.05) is 0 Å². The number of halogens is 2. The molecule has 0 aromatic heterocycles. The van der Waals surface area contributed by atoms with E-state index in [0.717, 1.165) is 24.9 Å². The van der Waals surface area contributed by atoms with Crippen molar-refractivity contribution in [3.8, 4) is 0 Å². The van der Waals surface area contributed by atoms with Gasteiger partial charge in [0.2, 0.25) is 9.84 Å². The maximum absolute atomic E-state index is 12.6. The predicted octanol–water partition coefficient (Wildman–Crippen LogP) is 4.97. The molecule has 0 spiro atoms. The van der Waals surface area contributed by atoms with Crippen molar-refractivity contribution in [2.24, 2.45) is 0 Å². The average molecular weight is 393 g/mol. The quantitative estimate of drug-likeness (QED) is 0.635. The first kappa shape index (κ1) is 20.0. The number of alkyl halides is 2. The lowest BCUT2D eigenvalue weighted by atomic mass is 10.0. The molecule has 1 aliphatic rings. The van der Waals surface area contributed by atoms with Crippen LogP contribution in [0.3, 0.4) is 0 Å². The number of benzene rings is 2. The molecule has 2 aromatic rings. The molecule has 0 radical (unpaired) electrons. The molecule has 0 amide bonds. The van der Waals surface area contributed by atoms with Crippen LogP contribution in [0.25, 0.3) is 0 Å². The second kappa shape index (κ2) is 8.07. The molecule has 0 heterocycles. The third-order valence-electron chi connectivity index (χ3n) is 4.97. The van der Waals surface area contributed by atoms with Gasteiger partial charge >= 0.3 is 5.76 Å². The van der Waals surface area contributed by atoms with Crippen LogP contribution in [0.1, 0.15) is 49.3 Å². The first-order valence-corrected chi connectivity index (χ1v) is 10.8. The van der Waals surface area contributed by atoms with Gasteiger partial charge in [-0.15, -0.1) is 0 Å². The Hall–Kier alpha value is -1.79. The Morgan fingerprint density at radius 2 is 1.41 bits per heavy atom. The normalized spacial score (nSPS) is 15.1. The zero-order valence-corrected chi connectivity index (χ0v) is 16.4. The van der Waals surface area contributed by atoms with E-state index in [2.05, 4.69) is 43.0 Å². The van der Waals surface area contributed by atoms with Gasteiger partial charge in [-0.1, -0.05) is 50.2 Å². The highest BCUT2D eigenvalue weighted by Crippen LogP contribution is 2.30. The fraction of sp³-hybridized carbons (Fsp3) is 0.429. The van der Waals surface area contributed by atoms with Gasteiger partial charge in [-0.2, -0.15) is 8.78 Å². The van der Waals surface area contributed by atoms with Crippen LogP contribution in [0.15, 0.2) is 53.4 Å². The summed E-state index contributed by atoms with van der Waals surface area (Å²) < 4.78 is 48.4. The molecule has 1 fully saturated rings. The van der Waals surface area contributed by atoms with Crippen molar-refractivity contribution >= 4 is 9.84 Å². The molecule has 27 heavy (non-hydrogen) atoms. The number of rotatable bonds is 8. The van der Waals surface area contributed by atoms with Crippen LogP contribution >= 0.6 is 0 Å². The molecule has 1 aliphatic carbocycles. The summed E-state index contributed by atoms with van der Waals surface area (Å²) in [6, 6.07) is 15.0. The molecule has 2 aromatic carbocycles. The Labute approximate surface area is 159 Å². The van der Waals surface area contributed by atoms with Gasteiger partial charge in [-0.25, -0.2) is 8.42 Å². The van der Waals surface area contributed by atoms with E-state index in [-0.39, 0.29) is 4.90 Å². The standard InChI is InChI=1S/C21H25F2NO2S/c1-15(2)18-7-3-16(4-8-18)13-24(19-9-10-19)14-17-5-11-20(12-6-17)27(25,26)21(22)23/h3-8,11-12,15,19,21H,9-10,13-14H2,1-2H3. The van der Waals surface area contributed by atoms with E-state index in [1.165, 1.54) is 23.3 Å². The molecule has 0 saturated heterocycles. The summed E-state index contributed by atoms with van der Waals surface area (Å²) in [4.78, 5) is 2.03. The Balaban J connectivity index is 1.70. The van der Waals surface area contributed by atoms with Crippen LogP contribution in [0.5, 0.6) is 0 Å². The largest absolute Gasteiger partial charge is 0.341 e. The van der Waals surface area contributed by atoms with Crippen LogP contribution in [-0.2, 0) is 22.9 Å². The average Bonchev–Trinajstić information content (AvgIpc) is 3.47. The SMILES string of the molecule is CC(C)c1ccc(CN(Cc2ccc(S(=O)(=O)C(F)F)cc2)C2CC2)cc1. The highest BCUT2D eigenvalue weighted by molar-refractivity contribution is 7.91. The molecule has 0 bridgehead atoms. The first-order chi connectivity index (χ1) is 12.8. The van der Waals surface area contributed by atoms with Gasteiger partial charge in [0.05, 0.1) is 4.90 Å². The number of hydrogen-bond acceptors (Lipinski definition) is 3. The summed E-state index contributed by atoms with van der Waals surface area (Å²) in [5, 5.41) is 0. The van der Waals surface area contributed by atoms with Crippen LogP contribution in [0.2, 0.25) is 0 Å². The predicted molar refractivity (Wildman–Crippen MR) is 102 cm³/mol. The van der Waals surface area contributed by atoms with Gasteiger partial charge in [0.1, 0.15) is 0 Å². The van der Waals surface area contributed by atoms with Crippen molar-refractivity contribution in [2.45, 2.75) is 62.4 Å².